The lowest BCUT2D eigenvalue weighted by Crippen LogP contribution is -2.38. The average molecular weight is 88.1 g/mol. The smallest absolute Gasteiger partial charge is 0.0272 e. The second-order valence-corrected chi connectivity index (χ2v) is 1.39. The molecule has 1 heterocycles. The summed E-state index contributed by atoms with van der Waals surface area (Å²) in [5.74, 6) is 4.76. The first-order chi connectivity index (χ1) is 2.93. The van der Waals surface area contributed by atoms with Crippen molar-refractivity contribution in [3.8, 4) is 0 Å². The minimum absolute atomic E-state index is 0.997. The lowest BCUT2D eigenvalue weighted by Gasteiger charge is -2.25. The Morgan fingerprint density at radius 1 is 1.50 bits per heavy atom. The van der Waals surface area contributed by atoms with Crippen LogP contribution in [0.4, 0.5) is 0 Å². The molecule has 6 heavy (non-hydrogen) atoms. The van der Waals surface area contributed by atoms with E-state index in [4.69, 9.17) is 5.90 Å². The number of hydroxylamine groups is 2. The average Bonchev–Trinajstić information content (AvgIpc) is 1.31. The number of hydrogen-bond acceptors (Lipinski definition) is 3. The second-order valence-electron chi connectivity index (χ2n) is 1.39. The summed E-state index contributed by atoms with van der Waals surface area (Å²) in [5.41, 5.74) is 0. The van der Waals surface area contributed by atoms with Gasteiger partial charge in [-0.25, -0.2) is 4.94 Å². The molecule has 0 aromatic carbocycles. The highest BCUT2D eigenvalue weighted by Crippen LogP contribution is 2.01. The van der Waals surface area contributed by atoms with Gasteiger partial charge in [-0.05, 0) is 6.42 Å². The fraction of sp³-hybridized carbons (Fsp3) is 1.00. The molecule has 1 saturated heterocycles. The summed E-state index contributed by atoms with van der Waals surface area (Å²) >= 11 is 0. The molecule has 0 spiro atoms. The second kappa shape index (κ2) is 1.55. The molecule has 36 valence electrons. The summed E-state index contributed by atoms with van der Waals surface area (Å²) < 4.78 is 0. The van der Waals surface area contributed by atoms with Crippen molar-refractivity contribution >= 4 is 0 Å². The van der Waals surface area contributed by atoms with Gasteiger partial charge < -0.3 is 0 Å². The largest absolute Gasteiger partial charge is 0.214 e. The van der Waals surface area contributed by atoms with Gasteiger partial charge in [0.1, 0.15) is 0 Å². The quantitative estimate of drug-likeness (QED) is 0.439. The molecule has 1 aliphatic rings. The standard InChI is InChI=1S/C3H8N2O/c4-6-5-2-1-3-5/h1-4H2. The zero-order chi connectivity index (χ0) is 4.41. The van der Waals surface area contributed by atoms with E-state index < -0.39 is 0 Å². The van der Waals surface area contributed by atoms with Crippen molar-refractivity contribution in [1.29, 1.82) is 0 Å². The summed E-state index contributed by atoms with van der Waals surface area (Å²) in [6.07, 6.45) is 1.22. The molecule has 0 unspecified atom stereocenters. The van der Waals surface area contributed by atoms with Gasteiger partial charge in [0.25, 0.3) is 0 Å². The van der Waals surface area contributed by atoms with Crippen molar-refractivity contribution in [3.05, 3.63) is 0 Å². The number of nitrogens with zero attached hydrogens (tertiary/aromatic N) is 1. The maximum atomic E-state index is 4.76. The molecule has 1 aliphatic heterocycles. The third-order valence-corrected chi connectivity index (χ3v) is 0.964. The Labute approximate surface area is 36.6 Å². The predicted molar refractivity (Wildman–Crippen MR) is 21.5 cm³/mol. The summed E-state index contributed by atoms with van der Waals surface area (Å²) in [4.78, 5) is 4.32. The van der Waals surface area contributed by atoms with Gasteiger partial charge in [-0.2, -0.15) is 11.0 Å². The third-order valence-electron chi connectivity index (χ3n) is 0.964. The molecule has 0 bridgehead atoms. The van der Waals surface area contributed by atoms with Crippen LogP contribution in [0, 0.1) is 0 Å². The van der Waals surface area contributed by atoms with Crippen molar-refractivity contribution in [2.24, 2.45) is 5.90 Å². The third kappa shape index (κ3) is 0.518. The maximum Gasteiger partial charge on any atom is 0.0272 e. The Morgan fingerprint density at radius 2 is 2.17 bits per heavy atom. The van der Waals surface area contributed by atoms with Crippen LogP contribution in [0.5, 0.6) is 0 Å². The maximum absolute atomic E-state index is 4.76. The Kier molecular flexibility index (Phi) is 1.05. The molecule has 3 nitrogen and oxygen atoms in total. The van der Waals surface area contributed by atoms with Crippen molar-refractivity contribution in [3.63, 3.8) is 0 Å². The highest BCUT2D eigenvalue weighted by molar-refractivity contribution is 4.56. The molecule has 0 aromatic heterocycles. The van der Waals surface area contributed by atoms with Crippen LogP contribution < -0.4 is 5.90 Å². The Balaban J connectivity index is 2.01. The Hall–Kier alpha value is -0.120. The SMILES string of the molecule is NON1CCC1. The van der Waals surface area contributed by atoms with Crippen molar-refractivity contribution in [1.82, 2.24) is 5.06 Å². The molecule has 1 fully saturated rings. The normalized spacial score (nSPS) is 23.5. The molecule has 0 aliphatic carbocycles. The van der Waals surface area contributed by atoms with Gasteiger partial charge in [-0.3, -0.25) is 0 Å². The first kappa shape index (κ1) is 4.05. The zero-order valence-corrected chi connectivity index (χ0v) is 3.55. The van der Waals surface area contributed by atoms with Gasteiger partial charge in [0, 0.05) is 13.1 Å². The van der Waals surface area contributed by atoms with E-state index in [2.05, 4.69) is 4.94 Å². The van der Waals surface area contributed by atoms with Crippen molar-refractivity contribution < 1.29 is 4.94 Å². The van der Waals surface area contributed by atoms with Crippen LogP contribution >= 0.6 is 0 Å². The molecule has 2 N–H and O–H groups in total. The first-order valence-electron chi connectivity index (χ1n) is 2.05. The van der Waals surface area contributed by atoms with Gasteiger partial charge in [0.15, 0.2) is 0 Å². The molecule has 0 aromatic rings. The number of rotatable bonds is 1. The minimum atomic E-state index is 0.997. The molecule has 0 radical (unpaired) electrons. The van der Waals surface area contributed by atoms with E-state index in [-0.39, 0.29) is 0 Å². The topological polar surface area (TPSA) is 38.5 Å². The molecular weight excluding hydrogens is 80.0 g/mol. The van der Waals surface area contributed by atoms with E-state index >= 15 is 0 Å². The van der Waals surface area contributed by atoms with Crippen LogP contribution in [0.15, 0.2) is 0 Å². The van der Waals surface area contributed by atoms with Crippen LogP contribution in [0.1, 0.15) is 6.42 Å². The lowest BCUT2D eigenvalue weighted by atomic mass is 10.3. The van der Waals surface area contributed by atoms with E-state index in [9.17, 15) is 0 Å². The van der Waals surface area contributed by atoms with Gasteiger partial charge in [-0.1, -0.05) is 0 Å². The molecule has 0 saturated carbocycles. The van der Waals surface area contributed by atoms with Crippen LogP contribution in [-0.2, 0) is 4.94 Å². The van der Waals surface area contributed by atoms with E-state index in [0.29, 0.717) is 0 Å². The van der Waals surface area contributed by atoms with Gasteiger partial charge in [-0.15, -0.1) is 0 Å². The van der Waals surface area contributed by atoms with E-state index in [1.807, 2.05) is 0 Å². The highest BCUT2D eigenvalue weighted by atomic mass is 16.8. The molecule has 0 amide bonds. The monoisotopic (exact) mass is 88.1 g/mol. The van der Waals surface area contributed by atoms with Gasteiger partial charge in [0.05, 0.1) is 0 Å². The van der Waals surface area contributed by atoms with E-state index in [1.54, 1.807) is 5.06 Å². The van der Waals surface area contributed by atoms with Crippen LogP contribution in [0.3, 0.4) is 0 Å². The molecular formula is C3H8N2O. The minimum Gasteiger partial charge on any atom is -0.214 e. The molecule has 3 heteroatoms. The number of hydrogen-bond donors (Lipinski definition) is 1. The highest BCUT2D eigenvalue weighted by Gasteiger charge is 2.11. The predicted octanol–water partition coefficient (Wildman–Crippen LogP) is -0.503. The lowest BCUT2D eigenvalue weighted by molar-refractivity contribution is -0.200. The summed E-state index contributed by atoms with van der Waals surface area (Å²) in [6.45, 7) is 1.99. The van der Waals surface area contributed by atoms with Gasteiger partial charge >= 0.3 is 0 Å². The molecule has 1 rings (SSSR count). The van der Waals surface area contributed by atoms with Crippen LogP contribution in [-0.4, -0.2) is 18.2 Å². The summed E-state index contributed by atoms with van der Waals surface area (Å²) in [6, 6.07) is 0. The van der Waals surface area contributed by atoms with Crippen molar-refractivity contribution in [2.75, 3.05) is 13.1 Å². The fourth-order valence-corrected chi connectivity index (χ4v) is 0.393. The Bertz CT molecular complexity index is 41.3. The summed E-state index contributed by atoms with van der Waals surface area (Å²) in [5, 5.41) is 1.71. The molecule has 0 atom stereocenters. The van der Waals surface area contributed by atoms with Crippen LogP contribution in [0.25, 0.3) is 0 Å². The van der Waals surface area contributed by atoms with Crippen molar-refractivity contribution in [2.45, 2.75) is 6.42 Å². The summed E-state index contributed by atoms with van der Waals surface area (Å²) in [7, 11) is 0. The van der Waals surface area contributed by atoms with E-state index in [0.717, 1.165) is 13.1 Å². The number of nitrogens with two attached hydrogens (primary N) is 1. The van der Waals surface area contributed by atoms with Crippen LogP contribution in [0.2, 0.25) is 0 Å². The first-order valence-corrected chi connectivity index (χ1v) is 2.05. The zero-order valence-electron chi connectivity index (χ0n) is 3.55. The van der Waals surface area contributed by atoms with E-state index in [1.165, 1.54) is 6.42 Å². The fourth-order valence-electron chi connectivity index (χ4n) is 0.393. The Morgan fingerprint density at radius 3 is 2.17 bits per heavy atom. The van der Waals surface area contributed by atoms with Gasteiger partial charge in [0.2, 0.25) is 0 Å².